The van der Waals surface area contributed by atoms with Gasteiger partial charge >= 0.3 is 0 Å². The van der Waals surface area contributed by atoms with Crippen molar-refractivity contribution >= 4 is 23.5 Å². The number of benzene rings is 1. The van der Waals surface area contributed by atoms with Crippen molar-refractivity contribution in [3.8, 4) is 0 Å². The number of aromatic nitrogens is 2. The lowest BCUT2D eigenvalue weighted by Gasteiger charge is -2.23. The van der Waals surface area contributed by atoms with Crippen LogP contribution in [0.5, 0.6) is 0 Å². The zero-order valence-electron chi connectivity index (χ0n) is 13.1. The lowest BCUT2D eigenvalue weighted by atomic mass is 10.1. The van der Waals surface area contributed by atoms with Gasteiger partial charge in [0.15, 0.2) is 0 Å². The lowest BCUT2D eigenvalue weighted by Crippen LogP contribution is -2.28. The predicted octanol–water partition coefficient (Wildman–Crippen LogP) is 3.92. The normalized spacial score (nSPS) is 14.0. The van der Waals surface area contributed by atoms with Crippen LogP contribution in [-0.2, 0) is 17.0 Å². The molecule has 0 bridgehead atoms. The summed E-state index contributed by atoms with van der Waals surface area (Å²) in [5, 5.41) is 7.21. The number of carbonyl (C=O) groups is 1. The molecule has 1 aliphatic rings. The largest absolute Gasteiger partial charge is 0.306 e. The quantitative estimate of drug-likeness (QED) is 0.904. The number of thioether (sulfide) groups is 1. The van der Waals surface area contributed by atoms with E-state index < -0.39 is 23.1 Å². The number of amides is 1. The maximum absolute atomic E-state index is 13.8. The molecule has 0 atom stereocenters. The molecular formula is C16H17F2N3OS. The molecule has 4 nitrogen and oxygen atoms in total. The average Bonchev–Trinajstić information content (AvgIpc) is 3.00. The number of anilines is 1. The smallest absolute Gasteiger partial charge is 0.262 e. The fourth-order valence-corrected chi connectivity index (χ4v) is 3.55. The van der Waals surface area contributed by atoms with Gasteiger partial charge in [0.2, 0.25) is 0 Å². The van der Waals surface area contributed by atoms with Gasteiger partial charge in [-0.3, -0.25) is 4.79 Å². The van der Waals surface area contributed by atoms with Crippen LogP contribution in [0.4, 0.5) is 14.6 Å². The van der Waals surface area contributed by atoms with Crippen molar-refractivity contribution in [3.05, 3.63) is 46.7 Å². The monoisotopic (exact) mass is 337 g/mol. The summed E-state index contributed by atoms with van der Waals surface area (Å²) in [6.07, 6.45) is 0. The Balaban J connectivity index is 2.02. The number of halogens is 2. The lowest BCUT2D eigenvalue weighted by molar-refractivity contribution is 0.101. The Hall–Kier alpha value is -1.89. The number of nitrogens with zero attached hydrogens (tertiary/aromatic N) is 2. The topological polar surface area (TPSA) is 46.9 Å². The van der Waals surface area contributed by atoms with Gasteiger partial charge in [-0.25, -0.2) is 13.5 Å². The fraction of sp³-hybridized carbons (Fsp3) is 0.375. The van der Waals surface area contributed by atoms with E-state index in [1.165, 1.54) is 6.07 Å². The molecule has 2 aromatic rings. The highest BCUT2D eigenvalue weighted by atomic mass is 32.2. The minimum absolute atomic E-state index is 0.356. The first-order chi connectivity index (χ1) is 10.8. The zero-order valence-corrected chi connectivity index (χ0v) is 13.9. The average molecular weight is 337 g/mol. The number of hydrogen-bond acceptors (Lipinski definition) is 3. The van der Waals surface area contributed by atoms with Gasteiger partial charge in [-0.15, -0.1) is 0 Å². The van der Waals surface area contributed by atoms with E-state index in [4.69, 9.17) is 0 Å². The molecule has 23 heavy (non-hydrogen) atoms. The predicted molar refractivity (Wildman–Crippen MR) is 86.5 cm³/mol. The standard InChI is InChI=1S/C16H17F2N3OS/c1-16(2,3)21-14(9-7-23-8-12(9)20-21)19-15(22)13-10(17)5-4-6-11(13)18/h4-6H,7-8H2,1-3H3,(H,19,22). The molecule has 0 spiro atoms. The van der Waals surface area contributed by atoms with Crippen LogP contribution in [0.2, 0.25) is 0 Å². The molecule has 0 saturated carbocycles. The van der Waals surface area contributed by atoms with Gasteiger partial charge in [-0.05, 0) is 32.9 Å². The van der Waals surface area contributed by atoms with Gasteiger partial charge in [0.05, 0.1) is 11.2 Å². The molecule has 122 valence electrons. The van der Waals surface area contributed by atoms with Crippen LogP contribution in [0, 0.1) is 11.6 Å². The molecule has 1 N–H and O–H groups in total. The third kappa shape index (κ3) is 2.85. The molecule has 0 saturated heterocycles. The Bertz CT molecular complexity index is 760. The van der Waals surface area contributed by atoms with Gasteiger partial charge in [-0.2, -0.15) is 16.9 Å². The molecule has 0 radical (unpaired) electrons. The van der Waals surface area contributed by atoms with Crippen LogP contribution in [0.15, 0.2) is 18.2 Å². The van der Waals surface area contributed by atoms with Gasteiger partial charge < -0.3 is 5.32 Å². The minimum atomic E-state index is -0.879. The third-order valence-corrected chi connectivity index (χ3v) is 4.58. The summed E-state index contributed by atoms with van der Waals surface area (Å²) >= 11 is 1.70. The fourth-order valence-electron chi connectivity index (χ4n) is 2.51. The minimum Gasteiger partial charge on any atom is -0.306 e. The van der Waals surface area contributed by atoms with E-state index >= 15 is 0 Å². The molecule has 0 unspecified atom stereocenters. The molecule has 0 aliphatic carbocycles. The van der Waals surface area contributed by atoms with Crippen molar-refractivity contribution in [2.75, 3.05) is 5.32 Å². The highest BCUT2D eigenvalue weighted by Crippen LogP contribution is 2.37. The molecule has 2 heterocycles. The van der Waals surface area contributed by atoms with Crippen LogP contribution >= 0.6 is 11.8 Å². The second-order valence-corrected chi connectivity index (χ2v) is 7.39. The molecule has 3 rings (SSSR count). The Morgan fingerprint density at radius 1 is 1.26 bits per heavy atom. The van der Waals surface area contributed by atoms with Gasteiger partial charge in [0.25, 0.3) is 5.91 Å². The van der Waals surface area contributed by atoms with Gasteiger partial charge in [0.1, 0.15) is 23.0 Å². The second kappa shape index (κ2) is 5.63. The molecule has 1 aliphatic heterocycles. The van der Waals surface area contributed by atoms with E-state index in [0.29, 0.717) is 5.82 Å². The maximum atomic E-state index is 13.8. The van der Waals surface area contributed by atoms with Crippen LogP contribution in [0.3, 0.4) is 0 Å². The Labute approximate surface area is 137 Å². The first-order valence-corrected chi connectivity index (χ1v) is 8.39. The number of rotatable bonds is 2. The maximum Gasteiger partial charge on any atom is 0.262 e. The molecular weight excluding hydrogens is 320 g/mol. The zero-order chi connectivity index (χ0) is 16.8. The first kappa shape index (κ1) is 16.0. The van der Waals surface area contributed by atoms with E-state index in [-0.39, 0.29) is 5.54 Å². The second-order valence-electron chi connectivity index (χ2n) is 6.40. The highest BCUT2D eigenvalue weighted by Gasteiger charge is 2.30. The summed E-state index contributed by atoms with van der Waals surface area (Å²) in [6.45, 7) is 5.88. The van der Waals surface area contributed by atoms with Crippen molar-refractivity contribution in [1.82, 2.24) is 9.78 Å². The van der Waals surface area contributed by atoms with Crippen LogP contribution in [0.25, 0.3) is 0 Å². The number of carbonyl (C=O) groups excluding carboxylic acids is 1. The van der Waals surface area contributed by atoms with Gasteiger partial charge in [-0.1, -0.05) is 6.07 Å². The van der Waals surface area contributed by atoms with E-state index in [0.717, 1.165) is 34.9 Å². The van der Waals surface area contributed by atoms with Crippen LogP contribution in [-0.4, -0.2) is 15.7 Å². The Kier molecular flexibility index (Phi) is 3.91. The Morgan fingerprint density at radius 2 is 1.91 bits per heavy atom. The molecule has 1 aromatic carbocycles. The molecule has 1 amide bonds. The third-order valence-electron chi connectivity index (χ3n) is 3.61. The highest BCUT2D eigenvalue weighted by molar-refractivity contribution is 7.98. The van der Waals surface area contributed by atoms with Crippen LogP contribution < -0.4 is 5.32 Å². The van der Waals surface area contributed by atoms with Crippen molar-refractivity contribution in [2.45, 2.75) is 37.8 Å². The number of fused-ring (bicyclic) bond motifs is 1. The van der Waals surface area contributed by atoms with Crippen molar-refractivity contribution < 1.29 is 13.6 Å². The Morgan fingerprint density at radius 3 is 2.52 bits per heavy atom. The molecule has 7 heteroatoms. The SMILES string of the molecule is CC(C)(C)n1nc2c(c1NC(=O)c1c(F)cccc1F)CSC2. The summed E-state index contributed by atoms with van der Waals surface area (Å²) in [4.78, 5) is 12.4. The molecule has 0 fully saturated rings. The number of nitrogens with one attached hydrogen (secondary N) is 1. The summed E-state index contributed by atoms with van der Waals surface area (Å²) < 4.78 is 29.3. The summed E-state index contributed by atoms with van der Waals surface area (Å²) in [5.41, 5.74) is 0.906. The van der Waals surface area contributed by atoms with E-state index in [1.807, 2.05) is 20.8 Å². The number of hydrogen-bond donors (Lipinski definition) is 1. The van der Waals surface area contributed by atoms with Crippen molar-refractivity contribution in [3.63, 3.8) is 0 Å². The van der Waals surface area contributed by atoms with Crippen molar-refractivity contribution in [1.29, 1.82) is 0 Å². The summed E-state index contributed by atoms with van der Waals surface area (Å²) in [5.74, 6) is -0.544. The summed E-state index contributed by atoms with van der Waals surface area (Å²) in [6, 6.07) is 3.37. The van der Waals surface area contributed by atoms with E-state index in [9.17, 15) is 13.6 Å². The van der Waals surface area contributed by atoms with E-state index in [1.54, 1.807) is 16.4 Å². The molecule has 1 aromatic heterocycles. The summed E-state index contributed by atoms with van der Waals surface area (Å²) in [7, 11) is 0. The van der Waals surface area contributed by atoms with Gasteiger partial charge in [0, 0.05) is 17.1 Å². The van der Waals surface area contributed by atoms with Crippen molar-refractivity contribution in [2.24, 2.45) is 0 Å². The van der Waals surface area contributed by atoms with Crippen LogP contribution in [0.1, 0.15) is 42.4 Å². The van der Waals surface area contributed by atoms with E-state index in [2.05, 4.69) is 10.4 Å². The first-order valence-electron chi connectivity index (χ1n) is 7.23.